The number of pyridine rings is 1. The van der Waals surface area contributed by atoms with Gasteiger partial charge in [0.1, 0.15) is 12.4 Å². The molecule has 6 heteroatoms. The molecule has 5 nitrogen and oxygen atoms in total. The fourth-order valence-electron chi connectivity index (χ4n) is 2.24. The lowest BCUT2D eigenvalue weighted by Gasteiger charge is -2.08. The number of rotatable bonds is 7. The summed E-state index contributed by atoms with van der Waals surface area (Å²) in [7, 11) is 0. The monoisotopic (exact) mass is 351 g/mol. The first kappa shape index (κ1) is 17.1. The number of Topliss-reactive ketones (excluding diaryl/α,β-unsaturated/α-hetero) is 1. The van der Waals surface area contributed by atoms with Crippen LogP contribution < -0.4 is 4.74 Å². The van der Waals surface area contributed by atoms with Crippen molar-refractivity contribution in [3.63, 3.8) is 0 Å². The minimum absolute atomic E-state index is 0.000106. The Bertz CT molecular complexity index is 856. The third kappa shape index (κ3) is 4.87. The summed E-state index contributed by atoms with van der Waals surface area (Å²) >= 11 is 1.45. The van der Waals surface area contributed by atoms with Crippen LogP contribution in [0.2, 0.25) is 0 Å². The Balaban J connectivity index is 1.66. The van der Waals surface area contributed by atoms with Gasteiger partial charge in [0.15, 0.2) is 10.9 Å². The second kappa shape index (κ2) is 8.39. The summed E-state index contributed by atoms with van der Waals surface area (Å²) in [6, 6.07) is 12.8. The second-order valence-corrected chi connectivity index (χ2v) is 6.08. The fraction of sp³-hybridized carbons (Fsp3) is 0.158. The minimum Gasteiger partial charge on any atom is -0.489 e. The highest BCUT2D eigenvalue weighted by Crippen LogP contribution is 2.17. The summed E-state index contributed by atoms with van der Waals surface area (Å²) in [5, 5.41) is 0.666. The maximum atomic E-state index is 12.5. The first-order chi connectivity index (χ1) is 12.2. The van der Waals surface area contributed by atoms with E-state index >= 15 is 0 Å². The largest absolute Gasteiger partial charge is 0.489 e. The molecule has 3 rings (SSSR count). The highest BCUT2D eigenvalue weighted by molar-refractivity contribution is 7.98. The van der Waals surface area contributed by atoms with Gasteiger partial charge in [0.25, 0.3) is 0 Å². The number of thioether (sulfide) groups is 1. The number of ether oxygens (including phenoxy) is 1. The van der Waals surface area contributed by atoms with Crippen molar-refractivity contribution in [3.05, 3.63) is 77.9 Å². The molecule has 0 aliphatic rings. The number of hydrogen-bond acceptors (Lipinski definition) is 6. The molecule has 0 aliphatic heterocycles. The van der Waals surface area contributed by atoms with Gasteiger partial charge in [-0.1, -0.05) is 23.9 Å². The fourth-order valence-corrected chi connectivity index (χ4v) is 2.62. The van der Waals surface area contributed by atoms with E-state index in [1.54, 1.807) is 36.8 Å². The quantitative estimate of drug-likeness (QED) is 0.368. The van der Waals surface area contributed by atoms with Crippen molar-refractivity contribution >= 4 is 17.5 Å². The smallest absolute Gasteiger partial charge is 0.187 e. The van der Waals surface area contributed by atoms with E-state index in [1.807, 2.05) is 30.5 Å². The summed E-state index contributed by atoms with van der Waals surface area (Å²) in [5.41, 5.74) is 2.35. The average molecular weight is 351 g/mol. The van der Waals surface area contributed by atoms with Gasteiger partial charge < -0.3 is 4.74 Å². The van der Waals surface area contributed by atoms with Crippen molar-refractivity contribution in [2.45, 2.75) is 18.2 Å². The molecule has 126 valence electrons. The highest BCUT2D eigenvalue weighted by atomic mass is 32.2. The lowest BCUT2D eigenvalue weighted by atomic mass is 10.1. The van der Waals surface area contributed by atoms with Crippen LogP contribution in [0.15, 0.2) is 66.2 Å². The van der Waals surface area contributed by atoms with Crippen molar-refractivity contribution in [1.82, 2.24) is 15.0 Å². The molecule has 0 fully saturated rings. The Morgan fingerprint density at radius 3 is 2.76 bits per heavy atom. The molecule has 0 N–H and O–H groups in total. The Morgan fingerprint density at radius 1 is 1.12 bits per heavy atom. The molecule has 2 heterocycles. The van der Waals surface area contributed by atoms with Crippen LogP contribution in [0.1, 0.15) is 21.6 Å². The van der Waals surface area contributed by atoms with Gasteiger partial charge in [-0.05, 0) is 42.2 Å². The molecule has 0 atom stereocenters. The molecule has 0 bridgehead atoms. The van der Waals surface area contributed by atoms with Crippen LogP contribution in [0.4, 0.5) is 0 Å². The van der Waals surface area contributed by atoms with E-state index in [2.05, 4.69) is 15.0 Å². The van der Waals surface area contributed by atoms with Gasteiger partial charge in [0.05, 0.1) is 12.1 Å². The van der Waals surface area contributed by atoms with E-state index < -0.39 is 0 Å². The maximum Gasteiger partial charge on any atom is 0.187 e. The third-order valence-electron chi connectivity index (χ3n) is 3.53. The van der Waals surface area contributed by atoms with Gasteiger partial charge in [0.2, 0.25) is 0 Å². The number of aromatic nitrogens is 3. The van der Waals surface area contributed by atoms with Crippen LogP contribution in [0.5, 0.6) is 5.75 Å². The van der Waals surface area contributed by atoms with Crippen LogP contribution in [-0.2, 0) is 13.0 Å². The van der Waals surface area contributed by atoms with Gasteiger partial charge in [-0.3, -0.25) is 9.78 Å². The summed E-state index contributed by atoms with van der Waals surface area (Å²) in [4.78, 5) is 25.0. The van der Waals surface area contributed by atoms with Gasteiger partial charge in [-0.2, -0.15) is 0 Å². The molecule has 0 radical (unpaired) electrons. The number of carbonyl (C=O) groups is 1. The van der Waals surface area contributed by atoms with Crippen molar-refractivity contribution in [2.75, 3.05) is 6.26 Å². The lowest BCUT2D eigenvalue weighted by molar-refractivity contribution is 0.0991. The van der Waals surface area contributed by atoms with E-state index in [4.69, 9.17) is 4.74 Å². The lowest BCUT2D eigenvalue weighted by Crippen LogP contribution is -2.06. The average Bonchev–Trinajstić information content (AvgIpc) is 2.67. The SMILES string of the molecule is CSc1nccc(CC(=O)c2cccc(OCc3ccncc3)c2)n1. The predicted octanol–water partition coefficient (Wildman–Crippen LogP) is 3.60. The van der Waals surface area contributed by atoms with Gasteiger partial charge in [-0.25, -0.2) is 9.97 Å². The van der Waals surface area contributed by atoms with Crippen molar-refractivity contribution < 1.29 is 9.53 Å². The molecular formula is C19H17N3O2S. The van der Waals surface area contributed by atoms with Crippen LogP contribution >= 0.6 is 11.8 Å². The molecule has 0 aliphatic carbocycles. The zero-order valence-corrected chi connectivity index (χ0v) is 14.6. The van der Waals surface area contributed by atoms with Crippen molar-refractivity contribution in [1.29, 1.82) is 0 Å². The molecule has 0 saturated carbocycles. The van der Waals surface area contributed by atoms with Crippen LogP contribution in [0.3, 0.4) is 0 Å². The number of nitrogens with zero attached hydrogens (tertiary/aromatic N) is 3. The number of benzene rings is 1. The first-order valence-corrected chi connectivity index (χ1v) is 8.98. The van der Waals surface area contributed by atoms with E-state index in [0.29, 0.717) is 28.8 Å². The molecule has 0 amide bonds. The Labute approximate surface area is 150 Å². The minimum atomic E-state index is 0.000106. The highest BCUT2D eigenvalue weighted by Gasteiger charge is 2.10. The summed E-state index contributed by atoms with van der Waals surface area (Å²) in [5.74, 6) is 0.662. The van der Waals surface area contributed by atoms with Crippen molar-refractivity contribution in [2.24, 2.45) is 0 Å². The summed E-state index contributed by atoms with van der Waals surface area (Å²) in [6.45, 7) is 0.434. The molecule has 25 heavy (non-hydrogen) atoms. The van der Waals surface area contributed by atoms with Crippen LogP contribution in [0, 0.1) is 0 Å². The van der Waals surface area contributed by atoms with Crippen LogP contribution in [0.25, 0.3) is 0 Å². The number of ketones is 1. The Kier molecular flexibility index (Phi) is 5.74. The maximum absolute atomic E-state index is 12.5. The van der Waals surface area contributed by atoms with E-state index in [1.165, 1.54) is 11.8 Å². The first-order valence-electron chi connectivity index (χ1n) is 7.75. The van der Waals surface area contributed by atoms with E-state index in [0.717, 1.165) is 5.56 Å². The molecule has 0 spiro atoms. The van der Waals surface area contributed by atoms with Gasteiger partial charge >= 0.3 is 0 Å². The Hall–Kier alpha value is -2.73. The molecule has 0 unspecified atom stereocenters. The van der Waals surface area contributed by atoms with Crippen molar-refractivity contribution in [3.8, 4) is 5.75 Å². The standard InChI is InChI=1S/C19H17N3O2S/c1-25-19-21-10-7-16(22-19)12-18(23)15-3-2-4-17(11-15)24-13-14-5-8-20-9-6-14/h2-11H,12-13H2,1H3. The normalized spacial score (nSPS) is 10.4. The van der Waals surface area contributed by atoms with Gasteiger partial charge in [-0.15, -0.1) is 0 Å². The molecule has 3 aromatic rings. The third-order valence-corrected chi connectivity index (χ3v) is 4.09. The topological polar surface area (TPSA) is 65.0 Å². The van der Waals surface area contributed by atoms with Gasteiger partial charge in [0, 0.05) is 24.2 Å². The molecule has 0 saturated heterocycles. The summed E-state index contributed by atoms with van der Waals surface area (Å²) in [6.07, 6.45) is 7.27. The van der Waals surface area contributed by atoms with E-state index in [-0.39, 0.29) is 12.2 Å². The predicted molar refractivity (Wildman–Crippen MR) is 96.9 cm³/mol. The number of carbonyl (C=O) groups excluding carboxylic acids is 1. The zero-order chi connectivity index (χ0) is 17.5. The number of hydrogen-bond donors (Lipinski definition) is 0. The molecule has 2 aromatic heterocycles. The molecular weight excluding hydrogens is 334 g/mol. The summed E-state index contributed by atoms with van der Waals surface area (Å²) < 4.78 is 5.76. The van der Waals surface area contributed by atoms with E-state index in [9.17, 15) is 4.79 Å². The van der Waals surface area contributed by atoms with Crippen LogP contribution in [-0.4, -0.2) is 27.0 Å². The Morgan fingerprint density at radius 2 is 1.96 bits per heavy atom. The second-order valence-electron chi connectivity index (χ2n) is 5.31. The molecule has 1 aromatic carbocycles. The zero-order valence-electron chi connectivity index (χ0n) is 13.8.